The predicted molar refractivity (Wildman–Crippen MR) is 175 cm³/mol. The number of halogens is 7. The average Bonchev–Trinajstić information content (AvgIpc) is 3.27. The second-order valence-corrected chi connectivity index (χ2v) is 13.1. The summed E-state index contributed by atoms with van der Waals surface area (Å²) >= 11 is 11.0. The van der Waals surface area contributed by atoms with Crippen LogP contribution in [0.3, 0.4) is 0 Å². The molecule has 0 saturated heterocycles. The lowest BCUT2D eigenvalue weighted by Crippen LogP contribution is -2.41. The number of ether oxygens (including phenoxy) is 2. The van der Waals surface area contributed by atoms with Crippen LogP contribution in [-0.4, -0.2) is 23.3 Å². The van der Waals surface area contributed by atoms with E-state index in [0.29, 0.717) is 16.3 Å². The van der Waals surface area contributed by atoms with Crippen molar-refractivity contribution < 1.29 is 31.8 Å². The lowest BCUT2D eigenvalue weighted by molar-refractivity contribution is -0.140. The lowest BCUT2D eigenvalue weighted by Gasteiger charge is -2.26. The molecule has 6 nitrogen and oxygen atoms in total. The van der Waals surface area contributed by atoms with Crippen molar-refractivity contribution in [3.05, 3.63) is 126 Å². The van der Waals surface area contributed by atoms with Crippen LogP contribution >= 0.6 is 68.1 Å². The topological polar surface area (TPSA) is 69.9 Å². The third-order valence-electron chi connectivity index (χ3n) is 6.40. The Morgan fingerprint density at radius 1 is 1.09 bits per heavy atom. The highest BCUT2D eigenvalue weighted by atomic mass is 127. The Morgan fingerprint density at radius 3 is 2.32 bits per heavy atom. The van der Waals surface area contributed by atoms with Gasteiger partial charge in [0.2, 0.25) is 0 Å². The van der Waals surface area contributed by atoms with Gasteiger partial charge in [-0.2, -0.15) is 13.2 Å². The normalized spacial score (nSPS) is 15.2. The van der Waals surface area contributed by atoms with E-state index in [1.165, 1.54) is 43.3 Å². The van der Waals surface area contributed by atoms with Gasteiger partial charge in [-0.15, -0.1) is 0 Å². The molecule has 3 aromatic carbocycles. The Bertz CT molecular complexity index is 1930. The molecule has 0 unspecified atom stereocenters. The summed E-state index contributed by atoms with van der Waals surface area (Å²) in [5.74, 6) is -0.984. The maximum atomic E-state index is 14.3. The molecule has 0 saturated carbocycles. The van der Waals surface area contributed by atoms with Gasteiger partial charge in [-0.1, -0.05) is 47.2 Å². The quantitative estimate of drug-likeness (QED) is 0.115. The van der Waals surface area contributed by atoms with Crippen LogP contribution in [0.5, 0.6) is 5.75 Å². The number of esters is 1. The molecule has 0 aliphatic carbocycles. The molecule has 5 rings (SSSR count). The molecule has 4 aromatic rings. The highest BCUT2D eigenvalue weighted by Crippen LogP contribution is 2.38. The van der Waals surface area contributed by atoms with Crippen molar-refractivity contribution in [2.45, 2.75) is 25.7 Å². The van der Waals surface area contributed by atoms with Crippen LogP contribution in [0, 0.1) is 13.0 Å². The van der Waals surface area contributed by atoms with E-state index < -0.39 is 35.0 Å². The van der Waals surface area contributed by atoms with Crippen molar-refractivity contribution in [2.24, 2.45) is 4.99 Å². The first-order chi connectivity index (χ1) is 20.9. The summed E-state index contributed by atoms with van der Waals surface area (Å²) in [6, 6.07) is 13.9. The Hall–Kier alpha value is -2.76. The Kier molecular flexibility index (Phi) is 9.87. The number of fused-ring (bicyclic) bond motifs is 1. The van der Waals surface area contributed by atoms with Crippen molar-refractivity contribution in [2.75, 3.05) is 6.61 Å². The first-order valence-electron chi connectivity index (χ1n) is 12.8. The van der Waals surface area contributed by atoms with E-state index in [9.17, 15) is 27.2 Å². The molecular formula is C30H19ClF4I2N2O4S. The molecule has 1 aromatic heterocycles. The predicted octanol–water partition coefficient (Wildman–Crippen LogP) is 6.92. The van der Waals surface area contributed by atoms with Crippen LogP contribution in [0.25, 0.3) is 6.08 Å². The van der Waals surface area contributed by atoms with Gasteiger partial charge in [0.05, 0.1) is 29.9 Å². The minimum atomic E-state index is -5.00. The summed E-state index contributed by atoms with van der Waals surface area (Å²) in [7, 11) is 0. The van der Waals surface area contributed by atoms with Crippen LogP contribution in [0.15, 0.2) is 81.7 Å². The van der Waals surface area contributed by atoms with Crippen LogP contribution in [0.4, 0.5) is 17.6 Å². The average molecular weight is 869 g/mol. The van der Waals surface area contributed by atoms with Gasteiger partial charge in [-0.25, -0.2) is 14.2 Å². The van der Waals surface area contributed by atoms with Crippen LogP contribution < -0.4 is 19.6 Å². The number of aromatic nitrogens is 1. The largest absolute Gasteiger partial charge is 0.487 e. The molecule has 1 aliphatic heterocycles. The van der Waals surface area contributed by atoms with Gasteiger partial charge in [-0.05, 0) is 111 Å². The van der Waals surface area contributed by atoms with E-state index in [0.717, 1.165) is 28.6 Å². The van der Waals surface area contributed by atoms with Crippen molar-refractivity contribution in [3.8, 4) is 5.75 Å². The molecule has 0 fully saturated rings. The Balaban J connectivity index is 1.61. The number of hydrogen-bond acceptors (Lipinski definition) is 6. The molecular weight excluding hydrogens is 850 g/mol. The van der Waals surface area contributed by atoms with E-state index >= 15 is 0 Å². The highest BCUT2D eigenvalue weighted by Gasteiger charge is 2.45. The number of nitrogens with zero attached hydrogens (tertiary/aromatic N) is 2. The minimum Gasteiger partial charge on any atom is -0.487 e. The van der Waals surface area contributed by atoms with Crippen LogP contribution in [0.2, 0.25) is 5.02 Å². The SMILES string of the molecule is CCOC(=O)C1=C(C(F)(F)F)N=c2s/c(=C\c3cc(I)c(OCc4ccc(F)cc4)c(I)c3)c(=O)n2[C@@H]1c1ccc(Cl)cc1. The number of carbonyl (C=O) groups excluding carboxylic acids is 1. The van der Waals surface area contributed by atoms with Gasteiger partial charge in [0.15, 0.2) is 10.5 Å². The zero-order chi connectivity index (χ0) is 31.8. The van der Waals surface area contributed by atoms with Crippen molar-refractivity contribution in [1.29, 1.82) is 0 Å². The van der Waals surface area contributed by atoms with Crippen molar-refractivity contribution >= 4 is 80.2 Å². The van der Waals surface area contributed by atoms with Gasteiger partial charge < -0.3 is 9.47 Å². The third kappa shape index (κ3) is 6.89. The summed E-state index contributed by atoms with van der Waals surface area (Å²) in [5.41, 5.74) is -1.23. The highest BCUT2D eigenvalue weighted by molar-refractivity contribution is 14.1. The molecule has 14 heteroatoms. The molecule has 2 heterocycles. The summed E-state index contributed by atoms with van der Waals surface area (Å²) < 4.78 is 69.7. The maximum absolute atomic E-state index is 14.3. The van der Waals surface area contributed by atoms with Crippen LogP contribution in [0.1, 0.15) is 29.7 Å². The zero-order valence-corrected chi connectivity index (χ0v) is 28.3. The van der Waals surface area contributed by atoms with E-state index in [1.54, 1.807) is 30.3 Å². The molecule has 44 heavy (non-hydrogen) atoms. The Labute approximate surface area is 284 Å². The minimum absolute atomic E-state index is 0.112. The smallest absolute Gasteiger partial charge is 0.434 e. The molecule has 0 bridgehead atoms. The van der Waals surface area contributed by atoms with Gasteiger partial charge >= 0.3 is 12.1 Å². The van der Waals surface area contributed by atoms with E-state index in [-0.39, 0.29) is 33.9 Å². The number of hydrogen-bond donors (Lipinski definition) is 0. The number of allylic oxidation sites excluding steroid dienone is 1. The molecule has 1 aliphatic rings. The molecule has 1 atom stereocenters. The van der Waals surface area contributed by atoms with E-state index in [1.807, 2.05) is 0 Å². The van der Waals surface area contributed by atoms with Crippen molar-refractivity contribution in [3.63, 3.8) is 0 Å². The van der Waals surface area contributed by atoms with Gasteiger partial charge in [0.1, 0.15) is 18.2 Å². The van der Waals surface area contributed by atoms with Crippen molar-refractivity contribution in [1.82, 2.24) is 4.57 Å². The molecule has 0 amide bonds. The Morgan fingerprint density at radius 2 is 1.73 bits per heavy atom. The summed E-state index contributed by atoms with van der Waals surface area (Å²) in [6.07, 6.45) is -3.45. The van der Waals surface area contributed by atoms with Gasteiger partial charge in [-0.3, -0.25) is 9.36 Å². The number of rotatable bonds is 7. The first-order valence-corrected chi connectivity index (χ1v) is 16.1. The zero-order valence-electron chi connectivity index (χ0n) is 22.4. The van der Waals surface area contributed by atoms with Gasteiger partial charge in [0, 0.05) is 5.02 Å². The monoisotopic (exact) mass is 868 g/mol. The number of alkyl halides is 3. The summed E-state index contributed by atoms with van der Waals surface area (Å²) in [4.78, 5) is 30.3. The molecule has 0 radical (unpaired) electrons. The van der Waals surface area contributed by atoms with E-state index in [4.69, 9.17) is 21.1 Å². The molecule has 0 N–H and O–H groups in total. The standard InChI is InChI=1S/C30H19ClF4I2N2O4S/c1-2-42-28(41)23-24(17-5-7-18(31)8-6-17)39-27(40)22(44-29(39)38-26(23)30(33,34)35)13-16-11-20(36)25(21(37)12-16)43-14-15-3-9-19(32)10-4-15/h3-13,24H,2,14H2,1H3/b22-13-/t24-/m1/s1. The fourth-order valence-electron chi connectivity index (χ4n) is 4.49. The molecule has 228 valence electrons. The third-order valence-corrected chi connectivity index (χ3v) is 9.23. The summed E-state index contributed by atoms with van der Waals surface area (Å²) in [6.45, 7) is 1.51. The van der Waals surface area contributed by atoms with Crippen LogP contribution in [-0.2, 0) is 16.1 Å². The fourth-order valence-corrected chi connectivity index (χ4v) is 7.74. The second kappa shape index (κ2) is 13.3. The number of thiazole rings is 1. The first kappa shape index (κ1) is 32.6. The summed E-state index contributed by atoms with van der Waals surface area (Å²) in [5, 5.41) is 0.327. The second-order valence-electron chi connectivity index (χ2n) is 9.34. The number of benzene rings is 3. The fraction of sp³-hybridized carbons (Fsp3) is 0.167. The van der Waals surface area contributed by atoms with E-state index in [2.05, 4.69) is 50.2 Å². The number of carbonyl (C=O) groups is 1. The van der Waals surface area contributed by atoms with Gasteiger partial charge in [0.25, 0.3) is 5.56 Å². The maximum Gasteiger partial charge on any atom is 0.434 e. The molecule has 0 spiro atoms. The lowest BCUT2D eigenvalue weighted by atomic mass is 9.95.